The number of hydrogen-bond acceptors (Lipinski definition) is 3. The lowest BCUT2D eigenvalue weighted by Crippen LogP contribution is -2.40. The summed E-state index contributed by atoms with van der Waals surface area (Å²) in [6.45, 7) is 7.03. The average Bonchev–Trinajstić information content (AvgIpc) is 2.84. The minimum Gasteiger partial charge on any atom is -0.372 e. The van der Waals surface area contributed by atoms with Gasteiger partial charge in [0.1, 0.15) is 0 Å². The van der Waals surface area contributed by atoms with E-state index in [-0.39, 0.29) is 10.2 Å². The number of nitrogens with one attached hydrogen (secondary N) is 1. The van der Waals surface area contributed by atoms with E-state index in [4.69, 9.17) is 0 Å². The zero-order valence-corrected chi connectivity index (χ0v) is 15.2. The van der Waals surface area contributed by atoms with Gasteiger partial charge in [-0.2, -0.15) is 0 Å². The van der Waals surface area contributed by atoms with Crippen molar-refractivity contribution in [2.75, 3.05) is 0 Å². The number of allylic oxidation sites excluding steroid dienone is 4. The molecule has 4 aliphatic rings. The molecule has 5 atom stereocenters. The molecule has 2 nitrogen and oxygen atoms in total. The predicted molar refractivity (Wildman–Crippen MR) is 97.1 cm³/mol. The van der Waals surface area contributed by atoms with Gasteiger partial charge in [-0.15, -0.1) is 0 Å². The summed E-state index contributed by atoms with van der Waals surface area (Å²) in [6, 6.07) is 0.382. The molecule has 5 unspecified atom stereocenters. The van der Waals surface area contributed by atoms with Crippen molar-refractivity contribution in [3.63, 3.8) is 0 Å². The third-order valence-corrected chi connectivity index (χ3v) is 7.86. The highest BCUT2D eigenvalue weighted by atomic mass is 32.2. The summed E-state index contributed by atoms with van der Waals surface area (Å²) in [5, 5.41) is 4.85. The van der Waals surface area contributed by atoms with Crippen molar-refractivity contribution in [2.45, 2.75) is 63.7 Å². The lowest BCUT2D eigenvalue weighted by molar-refractivity contribution is -0.119. The first-order valence-corrected chi connectivity index (χ1v) is 9.78. The summed E-state index contributed by atoms with van der Waals surface area (Å²) in [5.41, 5.74) is 1.33. The Morgan fingerprint density at radius 2 is 2.09 bits per heavy atom. The maximum absolute atomic E-state index is 12.8. The van der Waals surface area contributed by atoms with Crippen LogP contribution in [0.2, 0.25) is 0 Å². The van der Waals surface area contributed by atoms with E-state index >= 15 is 0 Å². The van der Waals surface area contributed by atoms with Gasteiger partial charge in [0, 0.05) is 16.7 Å². The molecule has 0 radical (unpaired) electrons. The molecule has 1 aliphatic heterocycles. The number of hydrogen-bond donors (Lipinski definition) is 1. The van der Waals surface area contributed by atoms with Crippen molar-refractivity contribution >= 4 is 17.5 Å². The summed E-state index contributed by atoms with van der Waals surface area (Å²) in [6.07, 6.45) is 14.4. The van der Waals surface area contributed by atoms with Gasteiger partial charge >= 0.3 is 0 Å². The second-order valence-electron chi connectivity index (χ2n) is 8.44. The quantitative estimate of drug-likeness (QED) is 0.520. The highest BCUT2D eigenvalue weighted by Gasteiger charge is 2.47. The largest absolute Gasteiger partial charge is 0.372 e. The molecule has 0 aromatic carbocycles. The Morgan fingerprint density at radius 1 is 1.26 bits per heavy atom. The van der Waals surface area contributed by atoms with Crippen LogP contribution in [0.15, 0.2) is 34.9 Å². The van der Waals surface area contributed by atoms with Crippen LogP contribution >= 0.6 is 11.8 Å². The minimum absolute atomic E-state index is 0.217. The molecule has 23 heavy (non-hydrogen) atoms. The molecule has 124 valence electrons. The number of rotatable bonds is 0. The first-order chi connectivity index (χ1) is 10.9. The topological polar surface area (TPSA) is 29.1 Å². The van der Waals surface area contributed by atoms with E-state index in [0.717, 1.165) is 18.4 Å². The monoisotopic (exact) mass is 329 g/mol. The molecule has 0 bridgehead atoms. The molecule has 1 heterocycles. The van der Waals surface area contributed by atoms with Crippen LogP contribution in [0.3, 0.4) is 0 Å². The summed E-state index contributed by atoms with van der Waals surface area (Å²) < 4.78 is 0.217. The fraction of sp³-hybridized carbons (Fsp3) is 0.650. The summed E-state index contributed by atoms with van der Waals surface area (Å²) in [7, 11) is 0. The van der Waals surface area contributed by atoms with Crippen molar-refractivity contribution in [2.24, 2.45) is 17.3 Å². The summed E-state index contributed by atoms with van der Waals surface area (Å²) in [4.78, 5) is 12.8. The van der Waals surface area contributed by atoms with E-state index in [9.17, 15) is 4.79 Å². The number of ketones is 1. The third kappa shape index (κ3) is 2.52. The van der Waals surface area contributed by atoms with Crippen LogP contribution in [0.25, 0.3) is 0 Å². The molecule has 3 aliphatic carbocycles. The molecule has 0 spiro atoms. The Balaban J connectivity index is 1.66. The first-order valence-electron chi connectivity index (χ1n) is 8.96. The summed E-state index contributed by atoms with van der Waals surface area (Å²) in [5.74, 6) is 1.43. The van der Waals surface area contributed by atoms with Gasteiger partial charge in [0.25, 0.3) is 0 Å². The van der Waals surface area contributed by atoms with Crippen LogP contribution in [0.5, 0.6) is 0 Å². The number of carbonyl (C=O) groups is 1. The van der Waals surface area contributed by atoms with Crippen LogP contribution < -0.4 is 5.32 Å². The molecule has 1 saturated heterocycles. The zero-order valence-electron chi connectivity index (χ0n) is 14.4. The smallest absolute Gasteiger partial charge is 0.162 e. The summed E-state index contributed by atoms with van der Waals surface area (Å²) >= 11 is 1.92. The molecule has 0 aromatic rings. The normalized spacial score (nSPS) is 48.8. The lowest BCUT2D eigenvalue weighted by atomic mass is 9.60. The number of carbonyl (C=O) groups excluding carboxylic acids is 1. The van der Waals surface area contributed by atoms with Crippen LogP contribution in [0.1, 0.15) is 52.9 Å². The van der Waals surface area contributed by atoms with Crippen molar-refractivity contribution < 1.29 is 4.79 Å². The van der Waals surface area contributed by atoms with Gasteiger partial charge in [0.15, 0.2) is 5.78 Å². The second-order valence-corrected chi connectivity index (χ2v) is 9.99. The number of thioether (sulfide) groups is 1. The minimum atomic E-state index is 0.217. The van der Waals surface area contributed by atoms with Crippen molar-refractivity contribution in [1.82, 2.24) is 5.32 Å². The van der Waals surface area contributed by atoms with Gasteiger partial charge in [0.2, 0.25) is 0 Å². The van der Waals surface area contributed by atoms with Gasteiger partial charge in [-0.25, -0.2) is 0 Å². The van der Waals surface area contributed by atoms with Crippen molar-refractivity contribution in [1.29, 1.82) is 0 Å². The molecule has 2 fully saturated rings. The molecule has 4 rings (SSSR count). The zero-order chi connectivity index (χ0) is 16.2. The van der Waals surface area contributed by atoms with Crippen LogP contribution in [-0.2, 0) is 4.79 Å². The van der Waals surface area contributed by atoms with E-state index in [1.165, 1.54) is 17.9 Å². The SMILES string of the molecule is CC1C=CC2CC(=O)C(=C3NC4C=CCCC4(C)S3)CC2(C)C1. The molecule has 1 N–H and O–H groups in total. The standard InChI is InChI=1S/C20H27NOS/c1-13-7-8-14-10-16(22)15(12-19(14,2)11-13)18-21-17-6-4-5-9-20(17,3)23-18/h4,6-8,13-14,17,21H,5,9-12H2,1-3H3. The molecule has 0 aromatic heterocycles. The van der Waals surface area contributed by atoms with Gasteiger partial charge in [0.05, 0.1) is 11.1 Å². The molecule has 3 heteroatoms. The van der Waals surface area contributed by atoms with Crippen molar-refractivity contribution in [3.8, 4) is 0 Å². The maximum atomic E-state index is 12.8. The maximum Gasteiger partial charge on any atom is 0.162 e. The van der Waals surface area contributed by atoms with Gasteiger partial charge in [-0.1, -0.05) is 49.9 Å². The van der Waals surface area contributed by atoms with Crippen LogP contribution in [-0.4, -0.2) is 16.6 Å². The van der Waals surface area contributed by atoms with E-state index in [2.05, 4.69) is 50.4 Å². The second kappa shape index (κ2) is 5.27. The fourth-order valence-corrected chi connectivity index (χ4v) is 6.34. The highest BCUT2D eigenvalue weighted by Crippen LogP contribution is 2.53. The van der Waals surface area contributed by atoms with Crippen molar-refractivity contribution in [3.05, 3.63) is 34.9 Å². The Bertz CT molecular complexity index is 634. The first kappa shape index (κ1) is 15.6. The predicted octanol–water partition coefficient (Wildman–Crippen LogP) is 4.59. The van der Waals surface area contributed by atoms with E-state index in [0.29, 0.717) is 30.1 Å². The van der Waals surface area contributed by atoms with Gasteiger partial charge in [-0.3, -0.25) is 4.79 Å². The lowest BCUT2D eigenvalue weighted by Gasteiger charge is -2.44. The molecular formula is C20H27NOS. The Morgan fingerprint density at radius 3 is 2.87 bits per heavy atom. The third-order valence-electron chi connectivity index (χ3n) is 6.37. The van der Waals surface area contributed by atoms with Gasteiger partial charge in [-0.05, 0) is 49.9 Å². The van der Waals surface area contributed by atoms with E-state index in [1.807, 2.05) is 11.8 Å². The fourth-order valence-electron chi connectivity index (χ4n) is 4.89. The number of Topliss-reactive ketones (excluding diaryl/α,β-unsaturated/α-hetero) is 1. The molecular weight excluding hydrogens is 302 g/mol. The Labute approximate surface area is 143 Å². The Kier molecular flexibility index (Phi) is 3.57. The van der Waals surface area contributed by atoms with E-state index < -0.39 is 0 Å². The van der Waals surface area contributed by atoms with Crippen LogP contribution in [0.4, 0.5) is 0 Å². The molecule has 1 saturated carbocycles. The highest BCUT2D eigenvalue weighted by molar-refractivity contribution is 8.04. The molecule has 0 amide bonds. The van der Waals surface area contributed by atoms with E-state index in [1.54, 1.807) is 0 Å². The van der Waals surface area contributed by atoms with Gasteiger partial charge < -0.3 is 5.32 Å². The number of fused-ring (bicyclic) bond motifs is 2. The average molecular weight is 330 g/mol. The van der Waals surface area contributed by atoms with Crippen LogP contribution in [0, 0.1) is 17.3 Å². The Hall–Kier alpha value is -0.960.